The van der Waals surface area contributed by atoms with Crippen LogP contribution in [0.2, 0.25) is 0 Å². The highest BCUT2D eigenvalue weighted by atomic mass is 16.1. The molecule has 0 bridgehead atoms. The van der Waals surface area contributed by atoms with E-state index >= 15 is 0 Å². The molecular formula is C6H12N2O. The Bertz CT molecular complexity index is 138. The van der Waals surface area contributed by atoms with Crippen LogP contribution in [0, 0.1) is 0 Å². The molecule has 0 heterocycles. The first-order valence-electron chi connectivity index (χ1n) is 2.68. The summed E-state index contributed by atoms with van der Waals surface area (Å²) in [5, 5.41) is 0. The molecule has 0 rings (SSSR count). The SMILES string of the molecule is CC(=CN(C)C)C(N)=O. The molecule has 0 spiro atoms. The topological polar surface area (TPSA) is 46.3 Å². The number of carbonyl (C=O) groups is 1. The summed E-state index contributed by atoms with van der Waals surface area (Å²) < 4.78 is 0. The Labute approximate surface area is 55.1 Å². The molecular weight excluding hydrogens is 116 g/mol. The van der Waals surface area contributed by atoms with Gasteiger partial charge in [0.05, 0.1) is 0 Å². The number of amides is 1. The summed E-state index contributed by atoms with van der Waals surface area (Å²) in [6.45, 7) is 1.68. The molecule has 0 aliphatic heterocycles. The second-order valence-corrected chi connectivity index (χ2v) is 2.14. The largest absolute Gasteiger partial charge is 0.383 e. The lowest BCUT2D eigenvalue weighted by molar-refractivity contribution is -0.114. The fraction of sp³-hybridized carbons (Fsp3) is 0.500. The van der Waals surface area contributed by atoms with Crippen LogP contribution >= 0.6 is 0 Å². The summed E-state index contributed by atoms with van der Waals surface area (Å²) in [5.41, 5.74) is 5.52. The van der Waals surface area contributed by atoms with Gasteiger partial charge < -0.3 is 10.6 Å². The number of hydrogen-bond acceptors (Lipinski definition) is 2. The molecule has 0 fully saturated rings. The Balaban J connectivity index is 4.00. The van der Waals surface area contributed by atoms with Crippen molar-refractivity contribution in [2.24, 2.45) is 5.73 Å². The molecule has 52 valence electrons. The molecule has 0 aromatic heterocycles. The van der Waals surface area contributed by atoms with Gasteiger partial charge in [-0.2, -0.15) is 0 Å². The van der Waals surface area contributed by atoms with Gasteiger partial charge in [0.2, 0.25) is 5.91 Å². The van der Waals surface area contributed by atoms with E-state index in [9.17, 15) is 4.79 Å². The van der Waals surface area contributed by atoms with Gasteiger partial charge >= 0.3 is 0 Å². The molecule has 0 atom stereocenters. The van der Waals surface area contributed by atoms with Crippen LogP contribution in [0.25, 0.3) is 0 Å². The summed E-state index contributed by atoms with van der Waals surface area (Å²) in [6.07, 6.45) is 1.68. The fourth-order valence-corrected chi connectivity index (χ4v) is 0.451. The predicted octanol–water partition coefficient (Wildman–Crippen LogP) is -0.0629. The van der Waals surface area contributed by atoms with Gasteiger partial charge in [-0.15, -0.1) is 0 Å². The van der Waals surface area contributed by atoms with E-state index in [1.54, 1.807) is 18.0 Å². The zero-order chi connectivity index (χ0) is 7.44. The highest BCUT2D eigenvalue weighted by Gasteiger charge is 1.94. The van der Waals surface area contributed by atoms with E-state index in [1.807, 2.05) is 14.1 Å². The summed E-state index contributed by atoms with van der Waals surface area (Å²) in [6, 6.07) is 0. The third-order valence-corrected chi connectivity index (χ3v) is 0.841. The minimum Gasteiger partial charge on any atom is -0.383 e. The normalized spacial score (nSPS) is 11.2. The van der Waals surface area contributed by atoms with Crippen LogP contribution in [-0.4, -0.2) is 24.9 Å². The van der Waals surface area contributed by atoms with E-state index in [0.29, 0.717) is 5.57 Å². The molecule has 0 aromatic carbocycles. The maximum atomic E-state index is 10.4. The lowest BCUT2D eigenvalue weighted by Crippen LogP contribution is -2.14. The summed E-state index contributed by atoms with van der Waals surface area (Å²) in [4.78, 5) is 12.1. The van der Waals surface area contributed by atoms with Crippen LogP contribution < -0.4 is 5.73 Å². The molecule has 1 amide bonds. The lowest BCUT2D eigenvalue weighted by Gasteiger charge is -2.04. The third-order valence-electron chi connectivity index (χ3n) is 0.841. The summed E-state index contributed by atoms with van der Waals surface area (Å²) in [5.74, 6) is -0.372. The van der Waals surface area contributed by atoms with Crippen molar-refractivity contribution in [1.82, 2.24) is 4.90 Å². The highest BCUT2D eigenvalue weighted by molar-refractivity contribution is 5.91. The summed E-state index contributed by atoms with van der Waals surface area (Å²) in [7, 11) is 3.68. The Morgan fingerprint density at radius 3 is 2.11 bits per heavy atom. The molecule has 3 nitrogen and oxygen atoms in total. The van der Waals surface area contributed by atoms with Crippen molar-refractivity contribution in [2.45, 2.75) is 6.92 Å². The molecule has 9 heavy (non-hydrogen) atoms. The van der Waals surface area contributed by atoms with E-state index in [1.165, 1.54) is 0 Å². The number of nitrogens with two attached hydrogens (primary N) is 1. The van der Waals surface area contributed by atoms with Gasteiger partial charge in [-0.1, -0.05) is 0 Å². The van der Waals surface area contributed by atoms with Crippen LogP contribution in [0.5, 0.6) is 0 Å². The van der Waals surface area contributed by atoms with Crippen LogP contribution in [0.1, 0.15) is 6.92 Å². The van der Waals surface area contributed by atoms with Gasteiger partial charge in [0.15, 0.2) is 0 Å². The smallest absolute Gasteiger partial charge is 0.245 e. The quantitative estimate of drug-likeness (QED) is 0.529. The molecule has 3 heteroatoms. The van der Waals surface area contributed by atoms with Gasteiger partial charge in [0.25, 0.3) is 0 Å². The number of hydrogen-bond donors (Lipinski definition) is 1. The van der Waals surface area contributed by atoms with E-state index in [4.69, 9.17) is 5.73 Å². The maximum absolute atomic E-state index is 10.4. The fourth-order valence-electron chi connectivity index (χ4n) is 0.451. The first-order valence-corrected chi connectivity index (χ1v) is 2.68. The number of rotatable bonds is 2. The number of carbonyl (C=O) groups excluding carboxylic acids is 1. The van der Waals surface area contributed by atoms with E-state index in [-0.39, 0.29) is 5.91 Å². The van der Waals surface area contributed by atoms with Crippen molar-refractivity contribution in [3.05, 3.63) is 11.8 Å². The minimum atomic E-state index is -0.372. The Kier molecular flexibility index (Phi) is 2.78. The second-order valence-electron chi connectivity index (χ2n) is 2.14. The summed E-state index contributed by atoms with van der Waals surface area (Å²) >= 11 is 0. The zero-order valence-electron chi connectivity index (χ0n) is 6.01. The molecule has 0 aliphatic carbocycles. The zero-order valence-corrected chi connectivity index (χ0v) is 6.01. The van der Waals surface area contributed by atoms with Gasteiger partial charge in [0, 0.05) is 25.9 Å². The van der Waals surface area contributed by atoms with E-state index in [2.05, 4.69) is 0 Å². The molecule has 0 unspecified atom stereocenters. The van der Waals surface area contributed by atoms with Crippen LogP contribution in [0.3, 0.4) is 0 Å². The lowest BCUT2D eigenvalue weighted by atomic mass is 10.3. The Morgan fingerprint density at radius 2 is 2.00 bits per heavy atom. The maximum Gasteiger partial charge on any atom is 0.245 e. The van der Waals surface area contributed by atoms with Crippen LogP contribution in [0.4, 0.5) is 0 Å². The first-order chi connectivity index (χ1) is 4.04. The minimum absolute atomic E-state index is 0.372. The average molecular weight is 128 g/mol. The Hall–Kier alpha value is -0.990. The number of nitrogens with zero attached hydrogens (tertiary/aromatic N) is 1. The molecule has 0 aliphatic rings. The Morgan fingerprint density at radius 1 is 1.56 bits per heavy atom. The second kappa shape index (κ2) is 3.12. The van der Waals surface area contributed by atoms with Crippen LogP contribution in [0.15, 0.2) is 11.8 Å². The highest BCUT2D eigenvalue weighted by Crippen LogP contribution is 1.90. The van der Waals surface area contributed by atoms with Crippen molar-refractivity contribution in [1.29, 1.82) is 0 Å². The monoisotopic (exact) mass is 128 g/mol. The molecule has 0 saturated carbocycles. The van der Waals surface area contributed by atoms with Crippen molar-refractivity contribution < 1.29 is 4.79 Å². The molecule has 0 saturated heterocycles. The van der Waals surface area contributed by atoms with Gasteiger partial charge in [-0.25, -0.2) is 0 Å². The number of primary amides is 1. The van der Waals surface area contributed by atoms with E-state index in [0.717, 1.165) is 0 Å². The molecule has 0 aromatic rings. The van der Waals surface area contributed by atoms with Crippen molar-refractivity contribution in [2.75, 3.05) is 14.1 Å². The first kappa shape index (κ1) is 8.01. The van der Waals surface area contributed by atoms with Crippen molar-refractivity contribution in [3.8, 4) is 0 Å². The average Bonchev–Trinajstić information content (AvgIpc) is 1.63. The van der Waals surface area contributed by atoms with Gasteiger partial charge in [0.1, 0.15) is 0 Å². The van der Waals surface area contributed by atoms with Gasteiger partial charge in [-0.05, 0) is 6.92 Å². The third kappa shape index (κ3) is 3.58. The standard InChI is InChI=1S/C6H12N2O/c1-5(6(7)9)4-8(2)3/h4H,1-3H3,(H2,7,9). The van der Waals surface area contributed by atoms with Crippen LogP contribution in [-0.2, 0) is 4.79 Å². The predicted molar refractivity (Wildman–Crippen MR) is 36.6 cm³/mol. The van der Waals surface area contributed by atoms with E-state index < -0.39 is 0 Å². The molecule has 2 N–H and O–H groups in total. The van der Waals surface area contributed by atoms with Crippen molar-refractivity contribution >= 4 is 5.91 Å². The van der Waals surface area contributed by atoms with Gasteiger partial charge in [-0.3, -0.25) is 4.79 Å². The molecule has 0 radical (unpaired) electrons. The van der Waals surface area contributed by atoms with Crippen molar-refractivity contribution in [3.63, 3.8) is 0 Å².